The van der Waals surface area contributed by atoms with E-state index in [2.05, 4.69) is 10.6 Å². The fourth-order valence-corrected chi connectivity index (χ4v) is 4.55. The minimum Gasteiger partial charge on any atom is -0.379 e. The molecule has 0 spiro atoms. The van der Waals surface area contributed by atoms with E-state index in [0.29, 0.717) is 39.0 Å². The van der Waals surface area contributed by atoms with Crippen molar-refractivity contribution in [3.63, 3.8) is 0 Å². The molecule has 0 aromatic rings. The van der Waals surface area contributed by atoms with Crippen LogP contribution in [0.2, 0.25) is 0 Å². The van der Waals surface area contributed by atoms with Crippen LogP contribution in [0.15, 0.2) is 0 Å². The first kappa shape index (κ1) is 25.6. The fourth-order valence-electron chi connectivity index (χ4n) is 4.55. The molecule has 33 heavy (non-hydrogen) atoms. The van der Waals surface area contributed by atoms with Gasteiger partial charge in [-0.3, -0.25) is 19.2 Å². The molecular weight excluding hydrogens is 426 g/mol. The van der Waals surface area contributed by atoms with Crippen molar-refractivity contribution in [2.45, 2.75) is 95.9 Å². The van der Waals surface area contributed by atoms with Crippen LogP contribution in [0, 0.1) is 5.92 Å². The van der Waals surface area contributed by atoms with Crippen molar-refractivity contribution in [2.75, 3.05) is 26.4 Å². The minimum absolute atomic E-state index is 0.00344. The summed E-state index contributed by atoms with van der Waals surface area (Å²) < 4.78 is 11.0. The zero-order valence-corrected chi connectivity index (χ0v) is 20.2. The van der Waals surface area contributed by atoms with E-state index >= 15 is 0 Å². The highest BCUT2D eigenvalue weighted by Gasteiger charge is 2.50. The van der Waals surface area contributed by atoms with E-state index < -0.39 is 29.6 Å². The van der Waals surface area contributed by atoms with Gasteiger partial charge in [0.1, 0.15) is 17.7 Å². The second-order valence-electron chi connectivity index (χ2n) is 10.1. The Hall–Kier alpha value is -2.00. The van der Waals surface area contributed by atoms with Gasteiger partial charge in [0.25, 0.3) is 0 Å². The van der Waals surface area contributed by atoms with Crippen LogP contribution in [0.1, 0.15) is 72.1 Å². The van der Waals surface area contributed by atoms with Crippen molar-refractivity contribution in [2.24, 2.45) is 5.92 Å². The number of epoxide rings is 1. The smallest absolute Gasteiger partial charge is 0.245 e. The number of nitrogens with zero attached hydrogens (tertiary/aromatic N) is 1. The molecule has 3 saturated heterocycles. The van der Waals surface area contributed by atoms with Crippen molar-refractivity contribution in [1.29, 1.82) is 0 Å². The Morgan fingerprint density at radius 2 is 1.94 bits per heavy atom. The zero-order valence-electron chi connectivity index (χ0n) is 20.2. The standard InChI is InChI=1S/C24H39N3O6/c1-16(2)13-17(21(29)24(3)15-33-24)25-22(30)18-14-32-12-8-4-5-10-20(28)27-11-7-6-9-19(27)23(31)26-18/h16-19H,4-15H2,1-3H3,(H,25,30)(H,26,31)/t17-,18-,19-,24+/m0/s1. The molecule has 186 valence electrons. The summed E-state index contributed by atoms with van der Waals surface area (Å²) in [4.78, 5) is 53.7. The van der Waals surface area contributed by atoms with Crippen LogP contribution in [-0.4, -0.2) is 78.5 Å². The highest BCUT2D eigenvalue weighted by atomic mass is 16.6. The summed E-state index contributed by atoms with van der Waals surface area (Å²) in [5.74, 6) is -0.749. The lowest BCUT2D eigenvalue weighted by Crippen LogP contribution is -2.59. The molecule has 0 aromatic heterocycles. The normalized spacial score (nSPS) is 30.2. The number of fused-ring (bicyclic) bond motifs is 1. The van der Waals surface area contributed by atoms with Gasteiger partial charge in [-0.1, -0.05) is 20.3 Å². The fraction of sp³-hybridized carbons (Fsp3) is 0.833. The topological polar surface area (TPSA) is 117 Å². The Balaban J connectivity index is 1.73. The molecule has 3 amide bonds. The van der Waals surface area contributed by atoms with Gasteiger partial charge in [-0.2, -0.15) is 0 Å². The summed E-state index contributed by atoms with van der Waals surface area (Å²) in [7, 11) is 0. The van der Waals surface area contributed by atoms with Gasteiger partial charge in [0.05, 0.1) is 19.3 Å². The van der Waals surface area contributed by atoms with E-state index in [1.54, 1.807) is 11.8 Å². The maximum atomic E-state index is 13.2. The Kier molecular flexibility index (Phi) is 8.87. The molecule has 3 aliphatic heterocycles. The molecule has 4 atom stereocenters. The van der Waals surface area contributed by atoms with Crippen LogP contribution >= 0.6 is 0 Å². The number of nitrogens with one attached hydrogen (secondary N) is 2. The first-order chi connectivity index (χ1) is 15.7. The van der Waals surface area contributed by atoms with Gasteiger partial charge >= 0.3 is 0 Å². The summed E-state index contributed by atoms with van der Waals surface area (Å²) >= 11 is 0. The third-order valence-corrected chi connectivity index (χ3v) is 6.66. The molecular formula is C24H39N3O6. The quantitative estimate of drug-likeness (QED) is 0.572. The summed E-state index contributed by atoms with van der Waals surface area (Å²) in [5, 5.41) is 5.66. The lowest BCUT2D eigenvalue weighted by Gasteiger charge is -2.35. The van der Waals surface area contributed by atoms with Crippen LogP contribution in [0.25, 0.3) is 0 Å². The second-order valence-corrected chi connectivity index (χ2v) is 10.1. The number of piperidine rings is 1. The van der Waals surface area contributed by atoms with Gasteiger partial charge in [-0.05, 0) is 51.4 Å². The van der Waals surface area contributed by atoms with Gasteiger partial charge < -0.3 is 25.0 Å². The average Bonchev–Trinajstić information content (AvgIpc) is 3.53. The number of rotatable bonds is 6. The van der Waals surface area contributed by atoms with Crippen molar-refractivity contribution in [3.8, 4) is 0 Å². The molecule has 2 N–H and O–H groups in total. The summed E-state index contributed by atoms with van der Waals surface area (Å²) in [5.41, 5.74) is -0.847. The number of hydrogen-bond acceptors (Lipinski definition) is 6. The monoisotopic (exact) mass is 465 g/mol. The molecule has 0 aliphatic carbocycles. The van der Waals surface area contributed by atoms with Crippen molar-refractivity contribution in [1.82, 2.24) is 15.5 Å². The summed E-state index contributed by atoms with van der Waals surface area (Å²) in [6.45, 7) is 7.09. The molecule has 0 aromatic carbocycles. The predicted molar refractivity (Wildman–Crippen MR) is 121 cm³/mol. The Morgan fingerprint density at radius 3 is 2.64 bits per heavy atom. The number of amides is 3. The highest BCUT2D eigenvalue weighted by molar-refractivity contribution is 5.98. The number of ether oxygens (including phenoxy) is 2. The number of hydrogen-bond donors (Lipinski definition) is 2. The van der Waals surface area contributed by atoms with Gasteiger partial charge in [0, 0.05) is 19.6 Å². The van der Waals surface area contributed by atoms with Gasteiger partial charge in [0.2, 0.25) is 17.7 Å². The molecule has 9 nitrogen and oxygen atoms in total. The van der Waals surface area contributed by atoms with Crippen molar-refractivity contribution < 1.29 is 28.7 Å². The van der Waals surface area contributed by atoms with Crippen LogP contribution in [0.3, 0.4) is 0 Å². The van der Waals surface area contributed by atoms with Gasteiger partial charge in [0.15, 0.2) is 5.78 Å². The average molecular weight is 466 g/mol. The SMILES string of the molecule is CC(C)C[C@H](NC(=O)[C@@H]1COCCCCCC(=O)N2CCCC[C@H]2C(=O)N1)C(=O)[C@@]1(C)CO1. The number of ketones is 1. The number of carbonyl (C=O) groups excluding carboxylic acids is 4. The second kappa shape index (κ2) is 11.4. The summed E-state index contributed by atoms with van der Waals surface area (Å²) in [6.07, 6.45) is 5.62. The highest BCUT2D eigenvalue weighted by Crippen LogP contribution is 2.29. The molecule has 9 heteroatoms. The third kappa shape index (κ3) is 6.99. The van der Waals surface area contributed by atoms with E-state index in [0.717, 1.165) is 32.1 Å². The Bertz CT molecular complexity index is 736. The van der Waals surface area contributed by atoms with Gasteiger partial charge in [-0.25, -0.2) is 0 Å². The van der Waals surface area contributed by atoms with E-state index in [1.807, 2.05) is 13.8 Å². The molecule has 3 rings (SSSR count). The first-order valence-corrected chi connectivity index (χ1v) is 12.4. The molecule has 0 radical (unpaired) electrons. The van der Waals surface area contributed by atoms with Crippen molar-refractivity contribution in [3.05, 3.63) is 0 Å². The molecule has 3 aliphatic rings. The van der Waals surface area contributed by atoms with Crippen molar-refractivity contribution >= 4 is 23.5 Å². The Labute approximate surface area is 196 Å². The molecule has 0 saturated carbocycles. The van der Waals surface area contributed by atoms with Crippen LogP contribution in [-0.2, 0) is 28.7 Å². The third-order valence-electron chi connectivity index (χ3n) is 6.66. The van der Waals surface area contributed by atoms with Crippen LogP contribution < -0.4 is 10.6 Å². The minimum atomic E-state index is -0.937. The summed E-state index contributed by atoms with van der Waals surface area (Å²) in [6, 6.07) is -2.21. The number of Topliss-reactive ketones (excluding diaryl/α,β-unsaturated/α-hetero) is 1. The van der Waals surface area contributed by atoms with E-state index in [-0.39, 0.29) is 30.1 Å². The Morgan fingerprint density at radius 1 is 1.18 bits per heavy atom. The van der Waals surface area contributed by atoms with Crippen LogP contribution in [0.4, 0.5) is 0 Å². The van der Waals surface area contributed by atoms with E-state index in [1.165, 1.54) is 0 Å². The maximum absolute atomic E-state index is 13.2. The van der Waals surface area contributed by atoms with Crippen LogP contribution in [0.5, 0.6) is 0 Å². The zero-order chi connectivity index (χ0) is 24.0. The molecule has 0 bridgehead atoms. The molecule has 3 heterocycles. The lowest BCUT2D eigenvalue weighted by atomic mass is 9.93. The lowest BCUT2D eigenvalue weighted by molar-refractivity contribution is -0.143. The molecule has 0 unspecified atom stereocenters. The largest absolute Gasteiger partial charge is 0.379 e. The van der Waals surface area contributed by atoms with E-state index in [9.17, 15) is 19.2 Å². The maximum Gasteiger partial charge on any atom is 0.245 e. The first-order valence-electron chi connectivity index (χ1n) is 12.4. The number of carbonyl (C=O) groups is 4. The molecule has 3 fully saturated rings. The van der Waals surface area contributed by atoms with E-state index in [4.69, 9.17) is 9.47 Å². The van der Waals surface area contributed by atoms with Gasteiger partial charge in [-0.15, -0.1) is 0 Å². The predicted octanol–water partition coefficient (Wildman–Crippen LogP) is 1.33.